The van der Waals surface area contributed by atoms with E-state index < -0.39 is 0 Å². The number of allylic oxidation sites excluding steroid dienone is 1. The molecule has 1 saturated carbocycles. The Labute approximate surface area is 155 Å². The van der Waals surface area contributed by atoms with Crippen LogP contribution in [0.3, 0.4) is 0 Å². The van der Waals surface area contributed by atoms with Crippen molar-refractivity contribution in [3.8, 4) is 0 Å². The average molecular weight is 362 g/mol. The van der Waals surface area contributed by atoms with Gasteiger partial charge in [-0.15, -0.1) is 0 Å². The highest BCUT2D eigenvalue weighted by Crippen LogP contribution is 2.45. The standard InChI is InChI=1S/C21H18N2O4/c24-21(18-9-4-12-27-18)23-20(17-8-3-11-26-17)16-7-1-5-14(19(16)22-23)13-15-6-2-10-25-15/h2-4,6,8-13,16,20H,1,5,7H2/b14-13+/t16-,20+/m0/s1. The number of hydrogen-bond donors (Lipinski definition) is 0. The van der Waals surface area contributed by atoms with E-state index in [4.69, 9.17) is 18.4 Å². The third kappa shape index (κ3) is 2.73. The summed E-state index contributed by atoms with van der Waals surface area (Å²) in [6.45, 7) is 0. The van der Waals surface area contributed by atoms with Crippen LogP contribution in [0.1, 0.15) is 47.4 Å². The molecule has 1 fully saturated rings. The number of amides is 1. The SMILES string of the molecule is O=C(c1ccco1)N1N=C2/C(=C/c3ccco3)CCC[C@@H]2[C@@H]1c1ccco1. The molecule has 6 nitrogen and oxygen atoms in total. The lowest BCUT2D eigenvalue weighted by Gasteiger charge is -2.27. The molecule has 0 radical (unpaired) electrons. The van der Waals surface area contributed by atoms with Crippen molar-refractivity contribution >= 4 is 17.7 Å². The Bertz CT molecular complexity index is 981. The third-order valence-electron chi connectivity index (χ3n) is 5.14. The van der Waals surface area contributed by atoms with Crippen LogP contribution in [0, 0.1) is 5.92 Å². The quantitative estimate of drug-likeness (QED) is 0.664. The monoisotopic (exact) mass is 362 g/mol. The van der Waals surface area contributed by atoms with Crippen molar-refractivity contribution in [3.05, 3.63) is 78.0 Å². The molecule has 0 unspecified atom stereocenters. The van der Waals surface area contributed by atoms with Crippen LogP contribution < -0.4 is 0 Å². The zero-order valence-electron chi connectivity index (χ0n) is 14.6. The maximum absolute atomic E-state index is 13.0. The molecule has 1 aliphatic carbocycles. The Hall–Kier alpha value is -3.28. The van der Waals surface area contributed by atoms with Gasteiger partial charge in [-0.3, -0.25) is 4.79 Å². The Morgan fingerprint density at radius 3 is 2.63 bits per heavy atom. The molecule has 0 bridgehead atoms. The number of fused-ring (bicyclic) bond motifs is 1. The first kappa shape index (κ1) is 15.9. The van der Waals surface area contributed by atoms with Gasteiger partial charge in [-0.1, -0.05) is 0 Å². The molecule has 3 aromatic rings. The number of hydrogen-bond acceptors (Lipinski definition) is 5. The van der Waals surface area contributed by atoms with Gasteiger partial charge in [0.15, 0.2) is 5.76 Å². The van der Waals surface area contributed by atoms with Crippen LogP contribution in [-0.2, 0) is 0 Å². The molecule has 0 saturated heterocycles. The van der Waals surface area contributed by atoms with E-state index in [1.165, 1.54) is 11.3 Å². The van der Waals surface area contributed by atoms with E-state index in [0.717, 1.165) is 42.1 Å². The highest BCUT2D eigenvalue weighted by molar-refractivity contribution is 6.08. The summed E-state index contributed by atoms with van der Waals surface area (Å²) in [5.74, 6) is 1.62. The summed E-state index contributed by atoms with van der Waals surface area (Å²) in [4.78, 5) is 13.0. The number of carbonyl (C=O) groups excluding carboxylic acids is 1. The van der Waals surface area contributed by atoms with E-state index in [2.05, 4.69) is 0 Å². The molecule has 4 heterocycles. The fourth-order valence-corrected chi connectivity index (χ4v) is 3.96. The first-order valence-electron chi connectivity index (χ1n) is 9.04. The molecule has 2 atom stereocenters. The van der Waals surface area contributed by atoms with Crippen molar-refractivity contribution in [1.82, 2.24) is 5.01 Å². The average Bonchev–Trinajstić information content (AvgIpc) is 3.48. The van der Waals surface area contributed by atoms with Crippen LogP contribution in [0.25, 0.3) is 6.08 Å². The van der Waals surface area contributed by atoms with Crippen LogP contribution in [0.5, 0.6) is 0 Å². The minimum atomic E-state index is -0.270. The second-order valence-electron chi connectivity index (χ2n) is 6.76. The summed E-state index contributed by atoms with van der Waals surface area (Å²) in [5.41, 5.74) is 2.03. The Balaban J connectivity index is 1.57. The number of rotatable bonds is 3. The molecule has 6 heteroatoms. The number of hydrazone groups is 1. The highest BCUT2D eigenvalue weighted by atomic mass is 16.3. The summed E-state index contributed by atoms with van der Waals surface area (Å²) in [6.07, 6.45) is 9.67. The van der Waals surface area contributed by atoms with E-state index in [-0.39, 0.29) is 23.6 Å². The molecule has 136 valence electrons. The van der Waals surface area contributed by atoms with Gasteiger partial charge in [0.05, 0.1) is 24.5 Å². The van der Waals surface area contributed by atoms with Gasteiger partial charge in [0.2, 0.25) is 0 Å². The molecular weight excluding hydrogens is 344 g/mol. The molecule has 1 aliphatic heterocycles. The van der Waals surface area contributed by atoms with Crippen LogP contribution >= 0.6 is 0 Å². The van der Waals surface area contributed by atoms with E-state index in [9.17, 15) is 4.79 Å². The maximum atomic E-state index is 13.0. The van der Waals surface area contributed by atoms with Gasteiger partial charge in [-0.05, 0) is 67.3 Å². The van der Waals surface area contributed by atoms with Crippen molar-refractivity contribution in [2.75, 3.05) is 0 Å². The van der Waals surface area contributed by atoms with Crippen molar-refractivity contribution in [2.45, 2.75) is 25.3 Å². The van der Waals surface area contributed by atoms with Gasteiger partial charge in [0.1, 0.15) is 17.6 Å². The molecule has 5 rings (SSSR count). The molecule has 0 N–H and O–H groups in total. The topological polar surface area (TPSA) is 72.1 Å². The largest absolute Gasteiger partial charge is 0.467 e. The van der Waals surface area contributed by atoms with Crippen molar-refractivity contribution < 1.29 is 18.0 Å². The fraction of sp³-hybridized carbons (Fsp3) is 0.238. The van der Waals surface area contributed by atoms with Crippen LogP contribution in [0.2, 0.25) is 0 Å². The van der Waals surface area contributed by atoms with E-state index in [0.29, 0.717) is 0 Å². The van der Waals surface area contributed by atoms with Crippen LogP contribution in [0.4, 0.5) is 0 Å². The smallest absolute Gasteiger partial charge is 0.310 e. The zero-order valence-corrected chi connectivity index (χ0v) is 14.6. The molecule has 27 heavy (non-hydrogen) atoms. The predicted octanol–water partition coefficient (Wildman–Crippen LogP) is 4.90. The zero-order chi connectivity index (χ0) is 18.2. The summed E-state index contributed by atoms with van der Waals surface area (Å²) in [7, 11) is 0. The maximum Gasteiger partial charge on any atom is 0.310 e. The van der Waals surface area contributed by atoms with Crippen molar-refractivity contribution in [2.24, 2.45) is 11.0 Å². The molecule has 3 aromatic heterocycles. The van der Waals surface area contributed by atoms with Gasteiger partial charge >= 0.3 is 5.91 Å². The fourth-order valence-electron chi connectivity index (χ4n) is 3.96. The Morgan fingerprint density at radius 1 is 1.07 bits per heavy atom. The summed E-state index contributed by atoms with van der Waals surface area (Å²) in [6, 6.07) is 10.6. The Kier molecular flexibility index (Phi) is 3.81. The van der Waals surface area contributed by atoms with Crippen LogP contribution in [-0.4, -0.2) is 16.6 Å². The molecule has 1 amide bonds. The number of nitrogens with zero attached hydrogens (tertiary/aromatic N) is 2. The molecule has 0 aromatic carbocycles. The van der Waals surface area contributed by atoms with Crippen molar-refractivity contribution in [1.29, 1.82) is 0 Å². The molecule has 2 aliphatic rings. The number of carbonyl (C=O) groups is 1. The van der Waals surface area contributed by atoms with Crippen molar-refractivity contribution in [3.63, 3.8) is 0 Å². The van der Waals surface area contributed by atoms with Gasteiger partial charge in [0, 0.05) is 5.92 Å². The lowest BCUT2D eigenvalue weighted by molar-refractivity contribution is 0.0624. The second kappa shape index (κ2) is 6.46. The van der Waals surface area contributed by atoms with E-state index in [1.54, 1.807) is 24.7 Å². The van der Waals surface area contributed by atoms with Gasteiger partial charge < -0.3 is 13.3 Å². The third-order valence-corrected chi connectivity index (χ3v) is 5.14. The van der Waals surface area contributed by atoms with Gasteiger partial charge in [-0.2, -0.15) is 5.10 Å². The lowest BCUT2D eigenvalue weighted by atomic mass is 9.79. The van der Waals surface area contributed by atoms with E-state index in [1.807, 2.05) is 30.3 Å². The summed E-state index contributed by atoms with van der Waals surface area (Å²) >= 11 is 0. The first-order valence-corrected chi connectivity index (χ1v) is 9.04. The van der Waals surface area contributed by atoms with Gasteiger partial charge in [0.25, 0.3) is 0 Å². The second-order valence-corrected chi connectivity index (χ2v) is 6.76. The summed E-state index contributed by atoms with van der Waals surface area (Å²) < 4.78 is 16.5. The lowest BCUT2D eigenvalue weighted by Crippen LogP contribution is -2.31. The molecule has 0 spiro atoms. The summed E-state index contributed by atoms with van der Waals surface area (Å²) in [5, 5.41) is 6.25. The van der Waals surface area contributed by atoms with Gasteiger partial charge in [-0.25, -0.2) is 5.01 Å². The predicted molar refractivity (Wildman–Crippen MR) is 97.8 cm³/mol. The number of furan rings is 3. The Morgan fingerprint density at radius 2 is 1.89 bits per heavy atom. The normalized spacial score (nSPS) is 23.5. The minimum absolute atomic E-state index is 0.0880. The van der Waals surface area contributed by atoms with E-state index >= 15 is 0 Å². The minimum Gasteiger partial charge on any atom is -0.467 e. The molecular formula is C21H18N2O4. The first-order chi connectivity index (χ1) is 13.3. The highest BCUT2D eigenvalue weighted by Gasteiger charge is 2.45. The van der Waals surface area contributed by atoms with Crippen LogP contribution in [0.15, 0.2) is 79.1 Å².